The first-order valence-electron chi connectivity index (χ1n) is 9.78. The second-order valence-electron chi connectivity index (χ2n) is 7.15. The minimum absolute atomic E-state index is 0.0448. The molecule has 1 atom stereocenters. The summed E-state index contributed by atoms with van der Waals surface area (Å²) in [5.41, 5.74) is 2.92. The summed E-state index contributed by atoms with van der Waals surface area (Å²) < 4.78 is 25.1. The lowest BCUT2D eigenvalue weighted by Crippen LogP contribution is -2.14. The molecule has 0 bridgehead atoms. The SMILES string of the molecule is COc1cc([C@H](C[N+](=O)[O-])c2c[nH]c3ccccc23)ccc1OCc1ccccc1F. The molecule has 31 heavy (non-hydrogen) atoms. The summed E-state index contributed by atoms with van der Waals surface area (Å²) >= 11 is 0. The van der Waals surface area contributed by atoms with E-state index in [1.54, 1.807) is 36.4 Å². The Morgan fingerprint density at radius 1 is 1.06 bits per heavy atom. The third-order valence-corrected chi connectivity index (χ3v) is 5.26. The first kappa shape index (κ1) is 20.4. The number of aromatic amines is 1. The number of aromatic nitrogens is 1. The Kier molecular flexibility index (Phi) is 5.84. The zero-order valence-electron chi connectivity index (χ0n) is 16.9. The largest absolute Gasteiger partial charge is 0.493 e. The van der Waals surface area contributed by atoms with E-state index in [-0.39, 0.29) is 23.9 Å². The summed E-state index contributed by atoms with van der Waals surface area (Å²) in [6.07, 6.45) is 1.81. The van der Waals surface area contributed by atoms with Gasteiger partial charge in [0.1, 0.15) is 12.4 Å². The number of nitro groups is 1. The Bertz CT molecular complexity index is 1220. The molecule has 0 aliphatic rings. The molecule has 158 valence electrons. The van der Waals surface area contributed by atoms with Crippen LogP contribution in [-0.2, 0) is 6.61 Å². The summed E-state index contributed by atoms with van der Waals surface area (Å²) in [5, 5.41) is 12.4. The van der Waals surface area contributed by atoms with Crippen LogP contribution in [0.2, 0.25) is 0 Å². The van der Waals surface area contributed by atoms with E-state index in [0.717, 1.165) is 22.0 Å². The fourth-order valence-electron chi connectivity index (χ4n) is 3.71. The Hall–Kier alpha value is -3.87. The van der Waals surface area contributed by atoms with E-state index in [0.29, 0.717) is 17.1 Å². The molecule has 1 aromatic heterocycles. The number of hydrogen-bond donors (Lipinski definition) is 1. The van der Waals surface area contributed by atoms with Crippen molar-refractivity contribution in [2.75, 3.05) is 13.7 Å². The van der Waals surface area contributed by atoms with Gasteiger partial charge in [-0.25, -0.2) is 4.39 Å². The van der Waals surface area contributed by atoms with Crippen LogP contribution in [-0.4, -0.2) is 23.6 Å². The van der Waals surface area contributed by atoms with Crippen LogP contribution < -0.4 is 9.47 Å². The molecule has 4 aromatic rings. The van der Waals surface area contributed by atoms with Crippen molar-refractivity contribution < 1.29 is 18.8 Å². The van der Waals surface area contributed by atoms with Gasteiger partial charge in [-0.3, -0.25) is 10.1 Å². The van der Waals surface area contributed by atoms with E-state index in [2.05, 4.69) is 4.98 Å². The third kappa shape index (κ3) is 4.35. The van der Waals surface area contributed by atoms with Gasteiger partial charge in [-0.2, -0.15) is 0 Å². The Labute approximate surface area is 178 Å². The minimum Gasteiger partial charge on any atom is -0.493 e. The van der Waals surface area contributed by atoms with Crippen LogP contribution in [0.4, 0.5) is 4.39 Å². The summed E-state index contributed by atoms with van der Waals surface area (Å²) in [7, 11) is 1.50. The normalized spacial score (nSPS) is 11.9. The molecule has 0 radical (unpaired) electrons. The zero-order chi connectivity index (χ0) is 21.8. The summed E-state index contributed by atoms with van der Waals surface area (Å²) in [5.74, 6) is 0.0550. The molecule has 1 heterocycles. The van der Waals surface area contributed by atoms with Gasteiger partial charge in [0.15, 0.2) is 11.5 Å². The van der Waals surface area contributed by atoms with Crippen LogP contribution in [0.5, 0.6) is 11.5 Å². The van der Waals surface area contributed by atoms with Crippen LogP contribution in [0.1, 0.15) is 22.6 Å². The molecular weight excluding hydrogens is 399 g/mol. The molecule has 4 rings (SSSR count). The van der Waals surface area contributed by atoms with Crippen LogP contribution in [0, 0.1) is 15.9 Å². The first-order chi connectivity index (χ1) is 15.1. The Balaban J connectivity index is 1.66. The predicted octanol–water partition coefficient (Wildman–Crippen LogP) is 5.30. The van der Waals surface area contributed by atoms with Gasteiger partial charge in [0.25, 0.3) is 0 Å². The van der Waals surface area contributed by atoms with Crippen molar-refractivity contribution in [2.24, 2.45) is 0 Å². The molecule has 0 unspecified atom stereocenters. The second kappa shape index (κ2) is 8.87. The number of benzene rings is 3. The van der Waals surface area contributed by atoms with Crippen molar-refractivity contribution in [1.29, 1.82) is 0 Å². The van der Waals surface area contributed by atoms with Gasteiger partial charge in [-0.05, 0) is 35.4 Å². The summed E-state index contributed by atoms with van der Waals surface area (Å²) in [6, 6.07) is 19.3. The highest BCUT2D eigenvalue weighted by Crippen LogP contribution is 2.36. The molecule has 0 aliphatic carbocycles. The molecule has 0 aliphatic heterocycles. The van der Waals surface area contributed by atoms with E-state index in [4.69, 9.17) is 9.47 Å². The van der Waals surface area contributed by atoms with Crippen LogP contribution in [0.25, 0.3) is 10.9 Å². The smallest absolute Gasteiger partial charge is 0.214 e. The molecule has 0 spiro atoms. The van der Waals surface area contributed by atoms with E-state index < -0.39 is 5.92 Å². The van der Waals surface area contributed by atoms with Crippen LogP contribution in [0.15, 0.2) is 72.9 Å². The Morgan fingerprint density at radius 2 is 1.84 bits per heavy atom. The number of nitrogens with zero attached hydrogens (tertiary/aromatic N) is 1. The average molecular weight is 420 g/mol. The van der Waals surface area contributed by atoms with Gasteiger partial charge < -0.3 is 14.5 Å². The van der Waals surface area contributed by atoms with Crippen molar-refractivity contribution in [2.45, 2.75) is 12.5 Å². The standard InChI is InChI=1S/C24H21FN2O4/c1-30-24-12-16(10-11-23(24)31-15-17-6-2-4-8-21(17)25)20(14-27(28)29)19-13-26-22-9-5-3-7-18(19)22/h2-13,20,26H,14-15H2,1H3/t20-/m0/s1. The van der Waals surface area contributed by atoms with Crippen molar-refractivity contribution in [1.82, 2.24) is 4.98 Å². The predicted molar refractivity (Wildman–Crippen MR) is 116 cm³/mol. The molecular formula is C24H21FN2O4. The number of halogens is 1. The molecule has 1 N–H and O–H groups in total. The quantitative estimate of drug-likeness (QED) is 0.310. The lowest BCUT2D eigenvalue weighted by Gasteiger charge is -2.17. The summed E-state index contributed by atoms with van der Waals surface area (Å²) in [6.45, 7) is -0.219. The van der Waals surface area contributed by atoms with E-state index >= 15 is 0 Å². The van der Waals surface area contributed by atoms with Gasteiger partial charge in [0, 0.05) is 27.6 Å². The van der Waals surface area contributed by atoms with Gasteiger partial charge in [0.05, 0.1) is 13.0 Å². The maximum Gasteiger partial charge on any atom is 0.214 e. The summed E-state index contributed by atoms with van der Waals surface area (Å²) in [4.78, 5) is 14.3. The van der Waals surface area contributed by atoms with Gasteiger partial charge in [-0.15, -0.1) is 0 Å². The zero-order valence-corrected chi connectivity index (χ0v) is 16.9. The Morgan fingerprint density at radius 3 is 2.61 bits per heavy atom. The van der Waals surface area contributed by atoms with E-state index in [9.17, 15) is 14.5 Å². The molecule has 0 saturated heterocycles. The maximum absolute atomic E-state index is 13.9. The monoisotopic (exact) mass is 420 g/mol. The van der Waals surface area contributed by atoms with E-state index in [1.807, 2.05) is 30.5 Å². The molecule has 0 saturated carbocycles. The maximum atomic E-state index is 13.9. The third-order valence-electron chi connectivity index (χ3n) is 5.26. The fraction of sp³-hybridized carbons (Fsp3) is 0.167. The average Bonchev–Trinajstić information content (AvgIpc) is 3.21. The van der Waals surface area contributed by atoms with Crippen molar-refractivity contribution in [3.8, 4) is 11.5 Å². The molecule has 7 heteroatoms. The fourth-order valence-corrected chi connectivity index (χ4v) is 3.71. The highest BCUT2D eigenvalue weighted by Gasteiger charge is 2.24. The minimum atomic E-state index is -0.472. The lowest BCUT2D eigenvalue weighted by molar-refractivity contribution is -0.481. The van der Waals surface area contributed by atoms with Crippen LogP contribution in [0.3, 0.4) is 0 Å². The molecule has 0 fully saturated rings. The van der Waals surface area contributed by atoms with Crippen molar-refractivity contribution in [3.63, 3.8) is 0 Å². The number of nitrogens with one attached hydrogen (secondary N) is 1. The van der Waals surface area contributed by atoms with Gasteiger partial charge in [0.2, 0.25) is 6.54 Å². The highest BCUT2D eigenvalue weighted by molar-refractivity contribution is 5.84. The van der Waals surface area contributed by atoms with Crippen molar-refractivity contribution in [3.05, 3.63) is 106 Å². The number of fused-ring (bicyclic) bond motifs is 1. The van der Waals surface area contributed by atoms with E-state index in [1.165, 1.54) is 13.2 Å². The number of H-pyrrole nitrogens is 1. The number of hydrogen-bond acceptors (Lipinski definition) is 4. The van der Waals surface area contributed by atoms with Crippen LogP contribution >= 0.6 is 0 Å². The number of methoxy groups -OCH3 is 1. The highest BCUT2D eigenvalue weighted by atomic mass is 19.1. The topological polar surface area (TPSA) is 77.4 Å². The number of ether oxygens (including phenoxy) is 2. The number of para-hydroxylation sites is 1. The first-order valence-corrected chi connectivity index (χ1v) is 9.78. The van der Waals surface area contributed by atoms with Gasteiger partial charge in [-0.1, -0.05) is 42.5 Å². The molecule has 3 aromatic carbocycles. The van der Waals surface area contributed by atoms with Crippen molar-refractivity contribution >= 4 is 10.9 Å². The van der Waals surface area contributed by atoms with Gasteiger partial charge >= 0.3 is 0 Å². The number of rotatable bonds is 8. The molecule has 0 amide bonds. The lowest BCUT2D eigenvalue weighted by atomic mass is 9.90. The second-order valence-corrected chi connectivity index (χ2v) is 7.15. The molecule has 6 nitrogen and oxygen atoms in total.